The third kappa shape index (κ3) is 5.45. The lowest BCUT2D eigenvalue weighted by Gasteiger charge is -2.31. The molecule has 3 heteroatoms. The van der Waals surface area contributed by atoms with Crippen LogP contribution in [0.15, 0.2) is 22.7 Å². The molecule has 1 rings (SSSR count). The van der Waals surface area contributed by atoms with Gasteiger partial charge in [0, 0.05) is 12.6 Å². The fourth-order valence-corrected chi connectivity index (χ4v) is 3.19. The fraction of sp³-hybridized carbons (Fsp3) is 0.647. The van der Waals surface area contributed by atoms with Crippen molar-refractivity contribution in [2.24, 2.45) is 5.41 Å². The highest BCUT2D eigenvalue weighted by atomic mass is 79.9. The highest BCUT2D eigenvalue weighted by molar-refractivity contribution is 9.10. The van der Waals surface area contributed by atoms with Crippen molar-refractivity contribution in [3.05, 3.63) is 28.2 Å². The van der Waals surface area contributed by atoms with Crippen LogP contribution in [0.4, 0.5) is 0 Å². The first-order chi connectivity index (χ1) is 9.40. The smallest absolute Gasteiger partial charge is 0.133 e. The van der Waals surface area contributed by atoms with Gasteiger partial charge in [-0.25, -0.2) is 0 Å². The quantitative estimate of drug-likeness (QED) is 0.732. The molecule has 0 bridgehead atoms. The maximum atomic E-state index is 5.30. The van der Waals surface area contributed by atoms with E-state index in [1.54, 1.807) is 7.11 Å². The molecule has 1 unspecified atom stereocenters. The normalized spacial score (nSPS) is 14.3. The first kappa shape index (κ1) is 17.5. The van der Waals surface area contributed by atoms with Crippen molar-refractivity contribution < 1.29 is 4.74 Å². The second-order valence-corrected chi connectivity index (χ2v) is 7.10. The number of rotatable bonds is 8. The van der Waals surface area contributed by atoms with Gasteiger partial charge in [-0.15, -0.1) is 0 Å². The van der Waals surface area contributed by atoms with Crippen LogP contribution >= 0.6 is 15.9 Å². The van der Waals surface area contributed by atoms with Crippen LogP contribution in [0.2, 0.25) is 0 Å². The lowest BCUT2D eigenvalue weighted by atomic mass is 9.79. The third-order valence-electron chi connectivity index (χ3n) is 3.64. The summed E-state index contributed by atoms with van der Waals surface area (Å²) in [5.41, 5.74) is 1.66. The Labute approximate surface area is 132 Å². The lowest BCUT2D eigenvalue weighted by Crippen LogP contribution is -2.37. The van der Waals surface area contributed by atoms with E-state index in [1.165, 1.54) is 18.4 Å². The van der Waals surface area contributed by atoms with E-state index in [1.807, 2.05) is 6.07 Å². The SMILES string of the molecule is CCCC(C)(CNC(C)C)Cc1ccc(OC)c(Br)c1. The topological polar surface area (TPSA) is 21.3 Å². The molecule has 2 nitrogen and oxygen atoms in total. The molecule has 0 saturated heterocycles. The molecule has 0 radical (unpaired) electrons. The average Bonchev–Trinajstić information content (AvgIpc) is 2.37. The van der Waals surface area contributed by atoms with E-state index in [0.29, 0.717) is 11.5 Å². The van der Waals surface area contributed by atoms with Crippen molar-refractivity contribution in [1.82, 2.24) is 5.32 Å². The highest BCUT2D eigenvalue weighted by Crippen LogP contribution is 2.31. The van der Waals surface area contributed by atoms with Gasteiger partial charge in [0.2, 0.25) is 0 Å². The number of hydrogen-bond donors (Lipinski definition) is 1. The molecular weight excluding hydrogens is 314 g/mol. The third-order valence-corrected chi connectivity index (χ3v) is 4.26. The molecule has 0 heterocycles. The molecule has 0 fully saturated rings. The van der Waals surface area contributed by atoms with Crippen LogP contribution in [-0.4, -0.2) is 19.7 Å². The molecule has 20 heavy (non-hydrogen) atoms. The van der Waals surface area contributed by atoms with Crippen LogP contribution in [0, 0.1) is 5.41 Å². The molecule has 1 atom stereocenters. The summed E-state index contributed by atoms with van der Waals surface area (Å²) < 4.78 is 6.33. The zero-order chi connectivity index (χ0) is 15.2. The molecule has 0 saturated carbocycles. The Morgan fingerprint density at radius 2 is 2.05 bits per heavy atom. The van der Waals surface area contributed by atoms with Gasteiger partial charge in [-0.2, -0.15) is 0 Å². The van der Waals surface area contributed by atoms with Gasteiger partial charge in [0.1, 0.15) is 5.75 Å². The fourth-order valence-electron chi connectivity index (χ4n) is 2.61. The summed E-state index contributed by atoms with van der Waals surface area (Å²) in [5, 5.41) is 3.59. The zero-order valence-electron chi connectivity index (χ0n) is 13.4. The molecule has 1 aromatic rings. The van der Waals surface area contributed by atoms with E-state index in [4.69, 9.17) is 4.74 Å². The van der Waals surface area contributed by atoms with E-state index in [2.05, 4.69) is 61.1 Å². The Balaban J connectivity index is 2.81. The summed E-state index contributed by atoms with van der Waals surface area (Å²) in [4.78, 5) is 0. The molecule has 0 amide bonds. The van der Waals surface area contributed by atoms with Crippen molar-refractivity contribution in [1.29, 1.82) is 0 Å². The summed E-state index contributed by atoms with van der Waals surface area (Å²) in [6, 6.07) is 6.94. The molecular formula is C17H28BrNO. The molecule has 0 aliphatic heterocycles. The molecule has 114 valence electrons. The van der Waals surface area contributed by atoms with Gasteiger partial charge < -0.3 is 10.1 Å². The summed E-state index contributed by atoms with van der Waals surface area (Å²) in [6.07, 6.45) is 3.53. The lowest BCUT2D eigenvalue weighted by molar-refractivity contribution is 0.267. The first-order valence-electron chi connectivity index (χ1n) is 7.46. The van der Waals surface area contributed by atoms with Gasteiger partial charge in [0.05, 0.1) is 11.6 Å². The van der Waals surface area contributed by atoms with Gasteiger partial charge in [-0.1, -0.05) is 40.2 Å². The summed E-state index contributed by atoms with van der Waals surface area (Å²) in [7, 11) is 1.70. The Hall–Kier alpha value is -0.540. The summed E-state index contributed by atoms with van der Waals surface area (Å²) >= 11 is 3.58. The standard InChI is InChI=1S/C17H28BrNO/c1-6-9-17(4,12-19-13(2)3)11-14-7-8-16(20-5)15(18)10-14/h7-8,10,13,19H,6,9,11-12H2,1-5H3. The monoisotopic (exact) mass is 341 g/mol. The van der Waals surface area contributed by atoms with E-state index in [0.717, 1.165) is 23.2 Å². The number of nitrogens with one attached hydrogen (secondary N) is 1. The van der Waals surface area contributed by atoms with E-state index in [9.17, 15) is 0 Å². The summed E-state index contributed by atoms with van der Waals surface area (Å²) in [5.74, 6) is 0.895. The van der Waals surface area contributed by atoms with Crippen molar-refractivity contribution in [3.63, 3.8) is 0 Å². The maximum Gasteiger partial charge on any atom is 0.133 e. The van der Waals surface area contributed by atoms with Gasteiger partial charge in [0.15, 0.2) is 0 Å². The minimum atomic E-state index is 0.299. The van der Waals surface area contributed by atoms with E-state index in [-0.39, 0.29) is 0 Å². The molecule has 0 spiro atoms. The van der Waals surface area contributed by atoms with Crippen LogP contribution in [0.3, 0.4) is 0 Å². The van der Waals surface area contributed by atoms with Crippen LogP contribution in [0.5, 0.6) is 5.75 Å². The summed E-state index contributed by atoms with van der Waals surface area (Å²) in [6.45, 7) is 10.1. The largest absolute Gasteiger partial charge is 0.496 e. The van der Waals surface area contributed by atoms with Gasteiger partial charge in [-0.05, 0) is 51.9 Å². The second-order valence-electron chi connectivity index (χ2n) is 6.24. The van der Waals surface area contributed by atoms with E-state index < -0.39 is 0 Å². The Kier molecular flexibility index (Phi) is 7.04. The van der Waals surface area contributed by atoms with Crippen LogP contribution < -0.4 is 10.1 Å². The molecule has 0 aliphatic carbocycles. The minimum absolute atomic E-state index is 0.299. The minimum Gasteiger partial charge on any atom is -0.496 e. The molecule has 0 aliphatic rings. The van der Waals surface area contributed by atoms with E-state index >= 15 is 0 Å². The zero-order valence-corrected chi connectivity index (χ0v) is 15.0. The van der Waals surface area contributed by atoms with Gasteiger partial charge in [0.25, 0.3) is 0 Å². The van der Waals surface area contributed by atoms with Crippen LogP contribution in [0.1, 0.15) is 46.1 Å². The predicted octanol–water partition coefficient (Wildman–Crippen LogP) is 4.80. The van der Waals surface area contributed by atoms with Crippen molar-refractivity contribution in [3.8, 4) is 5.75 Å². The molecule has 1 aromatic carbocycles. The Morgan fingerprint density at radius 1 is 1.35 bits per heavy atom. The van der Waals surface area contributed by atoms with Crippen molar-refractivity contribution in [2.75, 3.05) is 13.7 Å². The van der Waals surface area contributed by atoms with Gasteiger partial charge in [-0.3, -0.25) is 0 Å². The number of benzene rings is 1. The van der Waals surface area contributed by atoms with Crippen molar-refractivity contribution in [2.45, 2.75) is 53.0 Å². The Morgan fingerprint density at radius 3 is 2.55 bits per heavy atom. The molecule has 0 aromatic heterocycles. The maximum absolute atomic E-state index is 5.30. The van der Waals surface area contributed by atoms with Crippen LogP contribution in [-0.2, 0) is 6.42 Å². The number of halogens is 1. The first-order valence-corrected chi connectivity index (χ1v) is 8.25. The highest BCUT2D eigenvalue weighted by Gasteiger charge is 2.24. The second kappa shape index (κ2) is 8.04. The van der Waals surface area contributed by atoms with Crippen LogP contribution in [0.25, 0.3) is 0 Å². The van der Waals surface area contributed by atoms with Crippen molar-refractivity contribution >= 4 is 15.9 Å². The molecule has 1 N–H and O–H groups in total. The van der Waals surface area contributed by atoms with Gasteiger partial charge >= 0.3 is 0 Å². The number of ether oxygens (including phenoxy) is 1. The number of hydrogen-bond acceptors (Lipinski definition) is 2. The predicted molar refractivity (Wildman–Crippen MR) is 90.6 cm³/mol. The average molecular weight is 342 g/mol. The Bertz CT molecular complexity index is 419. The number of methoxy groups -OCH3 is 1.